The van der Waals surface area contributed by atoms with E-state index in [4.69, 9.17) is 0 Å². The maximum Gasteiger partial charge on any atom is 0.307 e. The summed E-state index contributed by atoms with van der Waals surface area (Å²) in [6, 6.07) is 1.70. The molecule has 0 bridgehead atoms. The number of hydrogen-bond donors (Lipinski definition) is 0. The van der Waals surface area contributed by atoms with Crippen molar-refractivity contribution in [3.05, 3.63) is 11.8 Å². The third-order valence-electron chi connectivity index (χ3n) is 3.21. The number of aryl methyl sites for hydroxylation is 1. The molecule has 20 heavy (non-hydrogen) atoms. The average molecular weight is 303 g/mol. The zero-order valence-corrected chi connectivity index (χ0v) is 12.7. The Hall–Kier alpha value is -1.44. The van der Waals surface area contributed by atoms with Gasteiger partial charge in [-0.3, -0.25) is 9.69 Å². The van der Waals surface area contributed by atoms with Crippen LogP contribution in [-0.2, 0) is 20.6 Å². The van der Waals surface area contributed by atoms with Gasteiger partial charge in [-0.2, -0.15) is 13.5 Å². The Morgan fingerprint density at radius 3 is 2.45 bits per heavy atom. The Balaban J connectivity index is 2.41. The smallest absolute Gasteiger partial charge is 0.296 e. The number of rotatable bonds is 2. The van der Waals surface area contributed by atoms with Crippen LogP contribution in [0.25, 0.3) is 0 Å². The molecule has 1 aliphatic heterocycles. The zero-order valence-electron chi connectivity index (χ0n) is 11.9. The first-order valence-corrected chi connectivity index (χ1v) is 7.76. The molecule has 1 unspecified atom stereocenters. The average Bonchev–Trinajstić information content (AvgIpc) is 2.79. The minimum atomic E-state index is -4.71. The van der Waals surface area contributed by atoms with Crippen molar-refractivity contribution in [1.82, 2.24) is 9.78 Å². The van der Waals surface area contributed by atoms with E-state index in [1.165, 1.54) is 4.90 Å². The number of carbonyl (C=O) groups is 1. The fourth-order valence-electron chi connectivity index (χ4n) is 2.26. The Morgan fingerprint density at radius 1 is 1.40 bits per heavy atom. The third kappa shape index (κ3) is 2.70. The van der Waals surface area contributed by atoms with Crippen molar-refractivity contribution in [2.45, 2.75) is 44.9 Å². The number of anilines is 1. The van der Waals surface area contributed by atoms with Gasteiger partial charge in [-0.15, -0.1) is 3.89 Å². The van der Waals surface area contributed by atoms with Gasteiger partial charge in [-0.05, 0) is 27.7 Å². The largest absolute Gasteiger partial charge is 0.307 e. The quantitative estimate of drug-likeness (QED) is 0.773. The summed E-state index contributed by atoms with van der Waals surface area (Å²) in [5.74, 6) is 0.104. The van der Waals surface area contributed by atoms with Gasteiger partial charge in [0.1, 0.15) is 11.1 Å². The Kier molecular flexibility index (Phi) is 3.40. The number of carbonyl (C=O) groups excluding carboxylic acids is 1. The van der Waals surface area contributed by atoms with Gasteiger partial charge in [0.05, 0.1) is 11.2 Å². The van der Waals surface area contributed by atoms with Crippen LogP contribution < -0.4 is 4.90 Å². The topological polar surface area (TPSA) is 72.3 Å². The van der Waals surface area contributed by atoms with E-state index in [-0.39, 0.29) is 18.5 Å². The SMILES string of the molecule is Cc1cc(N2CC(S(=O)(=O)F)CC2=O)n(C(C)(C)C)n1. The molecule has 1 aromatic heterocycles. The summed E-state index contributed by atoms with van der Waals surface area (Å²) < 4.78 is 36.7. The summed E-state index contributed by atoms with van der Waals surface area (Å²) in [6.07, 6.45) is -0.326. The highest BCUT2D eigenvalue weighted by molar-refractivity contribution is 7.87. The van der Waals surface area contributed by atoms with Crippen LogP contribution in [0.3, 0.4) is 0 Å². The van der Waals surface area contributed by atoms with Gasteiger partial charge in [-0.1, -0.05) is 0 Å². The van der Waals surface area contributed by atoms with Crippen molar-refractivity contribution in [3.63, 3.8) is 0 Å². The van der Waals surface area contributed by atoms with Crippen LogP contribution in [0, 0.1) is 6.92 Å². The predicted octanol–water partition coefficient (Wildman–Crippen LogP) is 1.35. The zero-order chi connectivity index (χ0) is 15.3. The highest BCUT2D eigenvalue weighted by Gasteiger charge is 2.41. The maximum absolute atomic E-state index is 13.1. The van der Waals surface area contributed by atoms with E-state index in [1.807, 2.05) is 20.8 Å². The highest BCUT2D eigenvalue weighted by atomic mass is 32.3. The Bertz CT molecular complexity index is 645. The van der Waals surface area contributed by atoms with Gasteiger partial charge >= 0.3 is 10.2 Å². The molecule has 1 amide bonds. The third-order valence-corrected chi connectivity index (χ3v) is 4.32. The van der Waals surface area contributed by atoms with Crippen LogP contribution in [0.5, 0.6) is 0 Å². The molecule has 1 aromatic rings. The van der Waals surface area contributed by atoms with Crippen molar-refractivity contribution < 1.29 is 17.1 Å². The summed E-state index contributed by atoms with van der Waals surface area (Å²) in [5.41, 5.74) is 0.352. The van der Waals surface area contributed by atoms with Crippen LogP contribution in [0.15, 0.2) is 6.07 Å². The molecule has 1 aliphatic rings. The van der Waals surface area contributed by atoms with Gasteiger partial charge in [0.2, 0.25) is 5.91 Å². The lowest BCUT2D eigenvalue weighted by Gasteiger charge is -2.26. The molecule has 2 rings (SSSR count). The molecule has 6 nitrogen and oxygen atoms in total. The van der Waals surface area contributed by atoms with Crippen LogP contribution >= 0.6 is 0 Å². The lowest BCUT2D eigenvalue weighted by atomic mass is 10.1. The van der Waals surface area contributed by atoms with E-state index in [1.54, 1.807) is 17.7 Å². The monoisotopic (exact) mass is 303 g/mol. The molecule has 2 heterocycles. The fourth-order valence-corrected chi connectivity index (χ4v) is 2.93. The van der Waals surface area contributed by atoms with Gasteiger partial charge in [0.25, 0.3) is 0 Å². The van der Waals surface area contributed by atoms with Crippen molar-refractivity contribution in [1.29, 1.82) is 0 Å². The Morgan fingerprint density at radius 2 is 2.00 bits per heavy atom. The van der Waals surface area contributed by atoms with Crippen LogP contribution in [0.4, 0.5) is 9.70 Å². The number of aromatic nitrogens is 2. The number of nitrogens with zero attached hydrogens (tertiary/aromatic N) is 3. The van der Waals surface area contributed by atoms with E-state index in [0.717, 1.165) is 0 Å². The highest BCUT2D eigenvalue weighted by Crippen LogP contribution is 2.30. The summed E-state index contributed by atoms with van der Waals surface area (Å²) >= 11 is 0. The second-order valence-corrected chi connectivity index (χ2v) is 7.65. The molecule has 1 fully saturated rings. The normalized spacial score (nSPS) is 20.8. The molecule has 0 aromatic carbocycles. The molecule has 0 N–H and O–H groups in total. The molecule has 0 spiro atoms. The second kappa shape index (κ2) is 4.54. The van der Waals surface area contributed by atoms with Crippen molar-refractivity contribution in [3.8, 4) is 0 Å². The number of amides is 1. The van der Waals surface area contributed by atoms with Crippen molar-refractivity contribution in [2.24, 2.45) is 0 Å². The van der Waals surface area contributed by atoms with E-state index in [0.29, 0.717) is 11.5 Å². The molecular weight excluding hydrogens is 285 g/mol. The summed E-state index contributed by atoms with van der Waals surface area (Å²) in [7, 11) is -4.71. The summed E-state index contributed by atoms with van der Waals surface area (Å²) in [6.45, 7) is 7.39. The minimum Gasteiger partial charge on any atom is -0.296 e. The van der Waals surface area contributed by atoms with Gasteiger partial charge in [-0.25, -0.2) is 4.68 Å². The first kappa shape index (κ1) is 15.0. The molecule has 1 saturated heterocycles. The van der Waals surface area contributed by atoms with Crippen LogP contribution in [-0.4, -0.2) is 35.9 Å². The van der Waals surface area contributed by atoms with Gasteiger partial charge in [0, 0.05) is 19.0 Å². The second-order valence-electron chi connectivity index (χ2n) is 6.03. The summed E-state index contributed by atoms with van der Waals surface area (Å²) in [5, 5.41) is 3.03. The molecule has 1 atom stereocenters. The predicted molar refractivity (Wildman–Crippen MR) is 72.7 cm³/mol. The first-order chi connectivity index (χ1) is 9.00. The lowest BCUT2D eigenvalue weighted by molar-refractivity contribution is -0.117. The minimum absolute atomic E-state index is 0.168. The number of hydrogen-bond acceptors (Lipinski definition) is 4. The molecule has 112 valence electrons. The lowest BCUT2D eigenvalue weighted by Crippen LogP contribution is -2.33. The molecule has 0 radical (unpaired) electrons. The van der Waals surface area contributed by atoms with E-state index >= 15 is 0 Å². The van der Waals surface area contributed by atoms with E-state index < -0.39 is 21.4 Å². The van der Waals surface area contributed by atoms with Gasteiger partial charge < -0.3 is 0 Å². The fraction of sp³-hybridized carbons (Fsp3) is 0.667. The van der Waals surface area contributed by atoms with Crippen LogP contribution in [0.2, 0.25) is 0 Å². The number of halogens is 1. The summed E-state index contributed by atoms with van der Waals surface area (Å²) in [4.78, 5) is 13.3. The maximum atomic E-state index is 13.1. The van der Waals surface area contributed by atoms with Gasteiger partial charge in [0.15, 0.2) is 0 Å². The standard InChI is InChI=1S/C12H18FN3O3S/c1-8-5-10(16(14-8)12(2,3)4)15-7-9(6-11(15)17)20(13,18)19/h5,9H,6-7H2,1-4H3. The van der Waals surface area contributed by atoms with E-state index in [2.05, 4.69) is 5.10 Å². The molecule has 0 saturated carbocycles. The van der Waals surface area contributed by atoms with Crippen molar-refractivity contribution in [2.75, 3.05) is 11.4 Å². The molecule has 8 heteroatoms. The van der Waals surface area contributed by atoms with E-state index in [9.17, 15) is 17.1 Å². The Labute approximate surface area is 117 Å². The molecule has 0 aliphatic carbocycles. The van der Waals surface area contributed by atoms with Crippen molar-refractivity contribution >= 4 is 21.9 Å². The first-order valence-electron chi connectivity index (χ1n) is 6.31. The molecular formula is C12H18FN3O3S. The van der Waals surface area contributed by atoms with Crippen LogP contribution in [0.1, 0.15) is 32.9 Å².